The molecule has 23 heavy (non-hydrogen) atoms. The van der Waals surface area contributed by atoms with Crippen LogP contribution in [0.5, 0.6) is 0 Å². The van der Waals surface area contributed by atoms with Crippen molar-refractivity contribution in [2.75, 3.05) is 0 Å². The first-order valence-corrected chi connectivity index (χ1v) is 10.5. The zero-order valence-electron chi connectivity index (χ0n) is 16.7. The van der Waals surface area contributed by atoms with Gasteiger partial charge >= 0.3 is 7.82 Å². The number of hydrogen-bond donors (Lipinski definition) is 0. The molecule has 4 nitrogen and oxygen atoms in total. The summed E-state index contributed by atoms with van der Waals surface area (Å²) < 4.78 is 30.4. The molecule has 0 N–H and O–H groups in total. The average Bonchev–Trinajstić information content (AvgIpc) is 2.22. The molecule has 0 aliphatic heterocycles. The number of phosphoric acid groups is 1. The van der Waals surface area contributed by atoms with Crippen LogP contribution in [0.3, 0.4) is 0 Å². The van der Waals surface area contributed by atoms with E-state index in [1.807, 2.05) is 20.8 Å². The normalized spacial score (nSPS) is 19.1. The molecular weight excluding hydrogens is 311 g/mol. The van der Waals surface area contributed by atoms with E-state index >= 15 is 0 Å². The van der Waals surface area contributed by atoms with Crippen LogP contribution >= 0.6 is 7.82 Å². The van der Waals surface area contributed by atoms with Crippen LogP contribution in [0, 0.1) is 17.8 Å². The van der Waals surface area contributed by atoms with Gasteiger partial charge in [0.15, 0.2) is 0 Å². The van der Waals surface area contributed by atoms with Gasteiger partial charge in [0.25, 0.3) is 0 Å². The van der Waals surface area contributed by atoms with E-state index in [0.717, 1.165) is 19.3 Å². The first kappa shape index (κ1) is 23.1. The molecule has 0 heterocycles. The van der Waals surface area contributed by atoms with Crippen molar-refractivity contribution in [3.8, 4) is 0 Å². The fourth-order valence-electron chi connectivity index (χ4n) is 2.86. The lowest BCUT2D eigenvalue weighted by Gasteiger charge is -2.28. The minimum atomic E-state index is -3.56. The lowest BCUT2D eigenvalue weighted by atomic mass is 10.1. The molecule has 0 saturated heterocycles. The molecule has 5 heteroatoms. The van der Waals surface area contributed by atoms with Crippen LogP contribution in [-0.2, 0) is 18.1 Å². The highest BCUT2D eigenvalue weighted by atomic mass is 31.2. The Kier molecular flexibility index (Phi) is 10.9. The van der Waals surface area contributed by atoms with Crippen molar-refractivity contribution in [1.82, 2.24) is 0 Å². The molecule has 140 valence electrons. The highest BCUT2D eigenvalue weighted by molar-refractivity contribution is 7.48. The lowest BCUT2D eigenvalue weighted by molar-refractivity contribution is 0.0298. The molecule has 3 atom stereocenters. The molecule has 0 aromatic heterocycles. The van der Waals surface area contributed by atoms with E-state index in [-0.39, 0.29) is 18.3 Å². The summed E-state index contributed by atoms with van der Waals surface area (Å²) in [6.07, 6.45) is 2.02. The predicted molar refractivity (Wildman–Crippen MR) is 97.6 cm³/mol. The van der Waals surface area contributed by atoms with Crippen molar-refractivity contribution in [2.24, 2.45) is 17.8 Å². The monoisotopic (exact) mass is 350 g/mol. The lowest BCUT2D eigenvalue weighted by Crippen LogP contribution is -2.20. The number of rotatable bonds is 12. The Labute approximate surface area is 144 Å². The van der Waals surface area contributed by atoms with Crippen molar-refractivity contribution < 1.29 is 18.1 Å². The summed E-state index contributed by atoms with van der Waals surface area (Å²) in [4.78, 5) is 0. The third kappa shape index (κ3) is 12.2. The summed E-state index contributed by atoms with van der Waals surface area (Å²) >= 11 is 0. The topological polar surface area (TPSA) is 44.8 Å². The summed E-state index contributed by atoms with van der Waals surface area (Å²) in [5.41, 5.74) is 0. The van der Waals surface area contributed by atoms with Gasteiger partial charge in [-0.3, -0.25) is 13.6 Å². The fraction of sp³-hybridized carbons (Fsp3) is 1.00. The Bertz CT molecular complexity index is 303. The molecule has 3 unspecified atom stereocenters. The fourth-order valence-corrected chi connectivity index (χ4v) is 4.59. The van der Waals surface area contributed by atoms with E-state index < -0.39 is 7.82 Å². The van der Waals surface area contributed by atoms with Gasteiger partial charge < -0.3 is 0 Å². The molecule has 0 bridgehead atoms. The third-order valence-electron chi connectivity index (χ3n) is 3.34. The molecule has 0 aromatic rings. The second-order valence-electron chi connectivity index (χ2n) is 8.08. The number of hydrogen-bond acceptors (Lipinski definition) is 4. The van der Waals surface area contributed by atoms with Gasteiger partial charge in [-0.05, 0) is 57.8 Å². The van der Waals surface area contributed by atoms with Crippen molar-refractivity contribution in [2.45, 2.75) is 99.9 Å². The summed E-state index contributed by atoms with van der Waals surface area (Å²) in [5, 5.41) is 0. The van der Waals surface area contributed by atoms with Gasteiger partial charge in [0.05, 0.1) is 18.3 Å². The highest BCUT2D eigenvalue weighted by Crippen LogP contribution is 2.54. The largest absolute Gasteiger partial charge is 0.475 e. The molecule has 0 spiro atoms. The summed E-state index contributed by atoms with van der Waals surface area (Å²) in [6.45, 7) is 18.5. The van der Waals surface area contributed by atoms with Crippen molar-refractivity contribution >= 4 is 7.82 Å². The van der Waals surface area contributed by atoms with Gasteiger partial charge in [0.1, 0.15) is 0 Å². The van der Waals surface area contributed by atoms with Gasteiger partial charge in [0.2, 0.25) is 0 Å². The molecule has 0 rings (SSSR count). The standard InChI is InChI=1S/C18H39O4P/c1-13(2)10-16(7)20-23(19,21-17(8)11-14(3)4)22-18(9)12-15(5)6/h13-18H,10-12H2,1-9H3. The van der Waals surface area contributed by atoms with Gasteiger partial charge in [0, 0.05) is 0 Å². The summed E-state index contributed by atoms with van der Waals surface area (Å²) in [7, 11) is -3.56. The average molecular weight is 350 g/mol. The van der Waals surface area contributed by atoms with E-state index in [2.05, 4.69) is 41.5 Å². The Morgan fingerprint density at radius 1 is 0.565 bits per heavy atom. The quantitative estimate of drug-likeness (QED) is 0.379. The minimum Gasteiger partial charge on any atom is -0.284 e. The zero-order chi connectivity index (χ0) is 18.2. The number of phosphoric ester groups is 1. The first-order valence-electron chi connectivity index (χ1n) is 9.08. The highest BCUT2D eigenvalue weighted by Gasteiger charge is 2.34. The molecule has 0 aliphatic carbocycles. The molecule has 0 aliphatic rings. The van der Waals surface area contributed by atoms with Gasteiger partial charge in [-0.25, -0.2) is 4.57 Å². The Hall–Kier alpha value is 0.110. The van der Waals surface area contributed by atoms with Crippen LogP contribution in [0.1, 0.15) is 81.6 Å². The van der Waals surface area contributed by atoms with Crippen LogP contribution in [0.4, 0.5) is 0 Å². The SMILES string of the molecule is CC(C)CC(C)OP(=O)(OC(C)CC(C)C)OC(C)CC(C)C. The van der Waals surface area contributed by atoms with Crippen LogP contribution in [0.15, 0.2) is 0 Å². The summed E-state index contributed by atoms with van der Waals surface area (Å²) in [6, 6.07) is 0. The van der Waals surface area contributed by atoms with Crippen LogP contribution in [0.2, 0.25) is 0 Å². The first-order chi connectivity index (χ1) is 10.4. The maximum atomic E-state index is 13.1. The van der Waals surface area contributed by atoms with Gasteiger partial charge in [-0.2, -0.15) is 0 Å². The smallest absolute Gasteiger partial charge is 0.284 e. The van der Waals surface area contributed by atoms with Gasteiger partial charge in [-0.1, -0.05) is 41.5 Å². The zero-order valence-corrected chi connectivity index (χ0v) is 17.6. The Morgan fingerprint density at radius 2 is 0.783 bits per heavy atom. The maximum Gasteiger partial charge on any atom is 0.475 e. The Balaban J connectivity index is 4.91. The van der Waals surface area contributed by atoms with Crippen LogP contribution in [-0.4, -0.2) is 18.3 Å². The molecule has 0 saturated carbocycles. The van der Waals surface area contributed by atoms with E-state index in [1.165, 1.54) is 0 Å². The van der Waals surface area contributed by atoms with Gasteiger partial charge in [-0.15, -0.1) is 0 Å². The van der Waals surface area contributed by atoms with Crippen molar-refractivity contribution in [1.29, 1.82) is 0 Å². The van der Waals surface area contributed by atoms with E-state index in [4.69, 9.17) is 13.6 Å². The second kappa shape index (κ2) is 10.9. The maximum absolute atomic E-state index is 13.1. The molecular formula is C18H39O4P. The predicted octanol–water partition coefficient (Wildman–Crippen LogP) is 6.45. The van der Waals surface area contributed by atoms with Crippen molar-refractivity contribution in [3.05, 3.63) is 0 Å². The molecule has 0 aromatic carbocycles. The third-order valence-corrected chi connectivity index (χ3v) is 5.19. The Morgan fingerprint density at radius 3 is 0.957 bits per heavy atom. The van der Waals surface area contributed by atoms with E-state index in [1.54, 1.807) is 0 Å². The molecule has 0 amide bonds. The second-order valence-corrected chi connectivity index (χ2v) is 9.61. The van der Waals surface area contributed by atoms with Crippen LogP contribution in [0.25, 0.3) is 0 Å². The van der Waals surface area contributed by atoms with E-state index in [9.17, 15) is 4.57 Å². The summed E-state index contributed by atoms with van der Waals surface area (Å²) in [5.74, 6) is 1.42. The van der Waals surface area contributed by atoms with E-state index in [0.29, 0.717) is 17.8 Å². The van der Waals surface area contributed by atoms with Crippen LogP contribution < -0.4 is 0 Å². The molecule has 0 radical (unpaired) electrons. The van der Waals surface area contributed by atoms with Crippen molar-refractivity contribution in [3.63, 3.8) is 0 Å². The molecule has 0 fully saturated rings. The minimum absolute atomic E-state index is 0.154.